The first kappa shape index (κ1) is 19.4. The molecule has 150 valence electrons. The number of anilines is 1. The molecule has 4 nitrogen and oxygen atoms in total. The molecule has 4 heteroatoms. The highest BCUT2D eigenvalue weighted by molar-refractivity contribution is 5.96. The molecule has 0 aliphatic carbocycles. The Hall–Kier alpha value is -2.88. The summed E-state index contributed by atoms with van der Waals surface area (Å²) in [5.41, 5.74) is 5.49. The molecule has 1 fully saturated rings. The zero-order valence-corrected chi connectivity index (χ0v) is 17.4. The van der Waals surface area contributed by atoms with E-state index in [1.54, 1.807) is 0 Å². The number of fused-ring (bicyclic) bond motifs is 1. The zero-order valence-electron chi connectivity index (χ0n) is 17.4. The van der Waals surface area contributed by atoms with E-state index < -0.39 is 0 Å². The quantitative estimate of drug-likeness (QED) is 0.504. The second-order valence-corrected chi connectivity index (χ2v) is 8.18. The van der Waals surface area contributed by atoms with Gasteiger partial charge < -0.3 is 9.47 Å². The predicted molar refractivity (Wildman–Crippen MR) is 119 cm³/mol. The normalized spacial score (nSPS) is 16.7. The van der Waals surface area contributed by atoms with Crippen molar-refractivity contribution in [2.45, 2.75) is 52.0 Å². The maximum absolute atomic E-state index is 12.8. The van der Waals surface area contributed by atoms with E-state index in [1.165, 1.54) is 18.4 Å². The lowest BCUT2D eigenvalue weighted by Crippen LogP contribution is -2.24. The van der Waals surface area contributed by atoms with Crippen molar-refractivity contribution in [1.82, 2.24) is 9.55 Å². The topological polar surface area (TPSA) is 38.1 Å². The molecule has 0 bridgehead atoms. The van der Waals surface area contributed by atoms with Gasteiger partial charge in [0.2, 0.25) is 5.91 Å². The zero-order chi connectivity index (χ0) is 20.4. The molecule has 1 amide bonds. The van der Waals surface area contributed by atoms with Crippen molar-refractivity contribution in [3.05, 3.63) is 72.1 Å². The number of carbonyl (C=O) groups excluding carboxylic acids is 1. The highest BCUT2D eigenvalue weighted by Gasteiger charge is 2.34. The van der Waals surface area contributed by atoms with Gasteiger partial charge in [-0.1, -0.05) is 49.8 Å². The number of aromatic nitrogens is 2. The number of hydrogen-bond acceptors (Lipinski definition) is 2. The van der Waals surface area contributed by atoms with Crippen molar-refractivity contribution < 1.29 is 4.79 Å². The number of benzene rings is 2. The first-order valence-corrected chi connectivity index (χ1v) is 10.6. The molecule has 0 saturated carbocycles. The van der Waals surface area contributed by atoms with Gasteiger partial charge in [0.1, 0.15) is 5.82 Å². The van der Waals surface area contributed by atoms with Crippen LogP contribution in [0.4, 0.5) is 5.69 Å². The Kier molecular flexibility index (Phi) is 5.52. The van der Waals surface area contributed by atoms with Gasteiger partial charge in [-0.3, -0.25) is 4.79 Å². The van der Waals surface area contributed by atoms with Crippen LogP contribution in [0.3, 0.4) is 0 Å². The number of rotatable bonds is 7. The van der Waals surface area contributed by atoms with Gasteiger partial charge in [-0.05, 0) is 49.6 Å². The molecule has 2 aromatic carbocycles. The average Bonchev–Trinajstić information content (AvgIpc) is 3.27. The maximum atomic E-state index is 12.8. The standard InChI is InChI=1S/C25H29N3O/c1-4-5-8-19-11-13-21(14-12-19)27-17-20(15-24(27)29)25-26-22-9-6-7-10-23(22)28(25)16-18(2)3/h6-7,9-14,20H,2,4-5,8,15-17H2,1,3H3/t20-/m1/s1. The average molecular weight is 388 g/mol. The highest BCUT2D eigenvalue weighted by Crippen LogP contribution is 2.33. The van der Waals surface area contributed by atoms with Crippen LogP contribution in [0.1, 0.15) is 50.4 Å². The number of para-hydroxylation sites is 2. The van der Waals surface area contributed by atoms with E-state index in [2.05, 4.69) is 48.4 Å². The number of imidazole rings is 1. The van der Waals surface area contributed by atoms with E-state index in [4.69, 9.17) is 4.98 Å². The molecule has 0 N–H and O–H groups in total. The van der Waals surface area contributed by atoms with Gasteiger partial charge in [-0.25, -0.2) is 4.98 Å². The number of unbranched alkanes of at least 4 members (excludes halogenated alkanes) is 1. The fourth-order valence-electron chi connectivity index (χ4n) is 4.20. The molecule has 0 spiro atoms. The van der Waals surface area contributed by atoms with Crippen molar-refractivity contribution in [3.63, 3.8) is 0 Å². The molecule has 2 heterocycles. The van der Waals surface area contributed by atoms with Crippen molar-refractivity contribution in [2.24, 2.45) is 0 Å². The SMILES string of the molecule is C=C(C)Cn1c([C@@H]2CC(=O)N(c3ccc(CCCC)cc3)C2)nc2ccccc21. The summed E-state index contributed by atoms with van der Waals surface area (Å²) < 4.78 is 2.23. The van der Waals surface area contributed by atoms with Crippen LogP contribution < -0.4 is 4.90 Å². The summed E-state index contributed by atoms with van der Waals surface area (Å²) in [5.74, 6) is 1.25. The van der Waals surface area contributed by atoms with Crippen LogP contribution in [-0.2, 0) is 17.8 Å². The predicted octanol–water partition coefficient (Wildman–Crippen LogP) is 5.48. The van der Waals surface area contributed by atoms with Crippen LogP contribution in [0.5, 0.6) is 0 Å². The van der Waals surface area contributed by atoms with Gasteiger partial charge >= 0.3 is 0 Å². The highest BCUT2D eigenvalue weighted by atomic mass is 16.2. The number of carbonyl (C=O) groups is 1. The summed E-state index contributed by atoms with van der Waals surface area (Å²) in [4.78, 5) is 19.7. The number of nitrogens with zero attached hydrogens (tertiary/aromatic N) is 3. The Morgan fingerprint density at radius 2 is 1.93 bits per heavy atom. The Morgan fingerprint density at radius 3 is 2.66 bits per heavy atom. The summed E-state index contributed by atoms with van der Waals surface area (Å²) in [5, 5.41) is 0. The first-order valence-electron chi connectivity index (χ1n) is 10.6. The first-order chi connectivity index (χ1) is 14.1. The molecule has 0 radical (unpaired) electrons. The van der Waals surface area contributed by atoms with E-state index in [-0.39, 0.29) is 11.8 Å². The van der Waals surface area contributed by atoms with Gasteiger partial charge in [0.25, 0.3) is 0 Å². The summed E-state index contributed by atoms with van der Waals surface area (Å²) in [7, 11) is 0. The Labute approximate surface area is 172 Å². The van der Waals surface area contributed by atoms with Crippen LogP contribution in [-0.4, -0.2) is 22.0 Å². The molecule has 1 aliphatic heterocycles. The van der Waals surface area contributed by atoms with Crippen molar-refractivity contribution in [3.8, 4) is 0 Å². The van der Waals surface area contributed by atoms with E-state index in [0.29, 0.717) is 13.0 Å². The van der Waals surface area contributed by atoms with E-state index in [9.17, 15) is 4.79 Å². The molecule has 1 aliphatic rings. The number of aryl methyl sites for hydroxylation is 1. The Morgan fingerprint density at radius 1 is 1.17 bits per heavy atom. The van der Waals surface area contributed by atoms with Crippen LogP contribution in [0.2, 0.25) is 0 Å². The second-order valence-electron chi connectivity index (χ2n) is 8.18. The van der Waals surface area contributed by atoms with Gasteiger partial charge in [-0.15, -0.1) is 0 Å². The third-order valence-electron chi connectivity index (χ3n) is 5.67. The molecular weight excluding hydrogens is 358 g/mol. The number of hydrogen-bond donors (Lipinski definition) is 0. The molecule has 1 saturated heterocycles. The molecular formula is C25H29N3O. The van der Waals surface area contributed by atoms with Crippen LogP contribution in [0, 0.1) is 0 Å². The number of amides is 1. The minimum absolute atomic E-state index is 0.0917. The van der Waals surface area contributed by atoms with Crippen LogP contribution in [0.25, 0.3) is 11.0 Å². The fraction of sp³-hybridized carbons (Fsp3) is 0.360. The van der Waals surface area contributed by atoms with E-state index in [1.807, 2.05) is 30.0 Å². The molecule has 29 heavy (non-hydrogen) atoms. The fourth-order valence-corrected chi connectivity index (χ4v) is 4.20. The monoisotopic (exact) mass is 387 g/mol. The van der Waals surface area contributed by atoms with Crippen LogP contribution in [0.15, 0.2) is 60.7 Å². The molecule has 3 aromatic rings. The lowest BCUT2D eigenvalue weighted by Gasteiger charge is -2.18. The minimum atomic E-state index is 0.0917. The van der Waals surface area contributed by atoms with Gasteiger partial charge in [-0.2, -0.15) is 0 Å². The third-order valence-corrected chi connectivity index (χ3v) is 5.67. The van der Waals surface area contributed by atoms with Crippen molar-refractivity contribution in [2.75, 3.05) is 11.4 Å². The number of allylic oxidation sites excluding steroid dienone is 1. The molecule has 0 unspecified atom stereocenters. The smallest absolute Gasteiger partial charge is 0.227 e. The third kappa shape index (κ3) is 3.98. The van der Waals surface area contributed by atoms with Crippen molar-refractivity contribution >= 4 is 22.6 Å². The summed E-state index contributed by atoms with van der Waals surface area (Å²) in [6.07, 6.45) is 3.98. The van der Waals surface area contributed by atoms with E-state index in [0.717, 1.165) is 41.1 Å². The van der Waals surface area contributed by atoms with Gasteiger partial charge in [0, 0.05) is 31.1 Å². The Bertz CT molecular complexity index is 1030. The van der Waals surface area contributed by atoms with Crippen molar-refractivity contribution in [1.29, 1.82) is 0 Å². The lowest BCUT2D eigenvalue weighted by molar-refractivity contribution is -0.117. The van der Waals surface area contributed by atoms with Gasteiger partial charge in [0.15, 0.2) is 0 Å². The largest absolute Gasteiger partial charge is 0.324 e. The molecule has 1 atom stereocenters. The minimum Gasteiger partial charge on any atom is -0.324 e. The summed E-state index contributed by atoms with van der Waals surface area (Å²) in [6, 6.07) is 16.7. The van der Waals surface area contributed by atoms with Crippen LogP contribution >= 0.6 is 0 Å². The molecule has 1 aromatic heterocycles. The van der Waals surface area contributed by atoms with Gasteiger partial charge in [0.05, 0.1) is 11.0 Å². The Balaban J connectivity index is 1.60. The second kappa shape index (κ2) is 8.24. The van der Waals surface area contributed by atoms with E-state index >= 15 is 0 Å². The maximum Gasteiger partial charge on any atom is 0.227 e. The molecule has 4 rings (SSSR count). The summed E-state index contributed by atoms with van der Waals surface area (Å²) >= 11 is 0. The lowest BCUT2D eigenvalue weighted by atomic mass is 10.1. The summed E-state index contributed by atoms with van der Waals surface area (Å²) in [6.45, 7) is 9.73.